The van der Waals surface area contributed by atoms with Gasteiger partial charge < -0.3 is 24.5 Å². The van der Waals surface area contributed by atoms with E-state index in [0.29, 0.717) is 33.4 Å². The van der Waals surface area contributed by atoms with E-state index in [1.165, 1.54) is 30.7 Å². The Morgan fingerprint density at radius 3 is 2.72 bits per heavy atom. The van der Waals surface area contributed by atoms with Gasteiger partial charge in [-0.3, -0.25) is 4.79 Å². The van der Waals surface area contributed by atoms with E-state index in [4.69, 9.17) is 9.15 Å². The molecule has 166 valence electrons. The van der Waals surface area contributed by atoms with Gasteiger partial charge in [-0.15, -0.1) is 13.2 Å². The molecule has 11 heteroatoms. The number of ether oxygens (including phenoxy) is 2. The van der Waals surface area contributed by atoms with Gasteiger partial charge in [-0.25, -0.2) is 9.78 Å². The van der Waals surface area contributed by atoms with Crippen molar-refractivity contribution in [1.82, 2.24) is 15.6 Å². The van der Waals surface area contributed by atoms with Gasteiger partial charge in [-0.1, -0.05) is 18.7 Å². The number of carbonyl (C=O) groups is 2. The van der Waals surface area contributed by atoms with Crippen LogP contribution in [-0.2, 0) is 16.1 Å². The molecular formula is C21H16F3N3O5. The Morgan fingerprint density at radius 1 is 1.34 bits per heavy atom. The van der Waals surface area contributed by atoms with Crippen LogP contribution in [0.25, 0.3) is 22.2 Å². The average molecular weight is 447 g/mol. The van der Waals surface area contributed by atoms with E-state index in [2.05, 4.69) is 26.9 Å². The van der Waals surface area contributed by atoms with Gasteiger partial charge in [0, 0.05) is 17.7 Å². The summed E-state index contributed by atoms with van der Waals surface area (Å²) in [5.41, 5.74) is 2.96. The number of aromatic nitrogens is 1. The van der Waals surface area contributed by atoms with Crippen molar-refractivity contribution in [3.63, 3.8) is 0 Å². The largest absolute Gasteiger partial charge is 0.573 e. The van der Waals surface area contributed by atoms with Gasteiger partial charge in [-0.2, -0.15) is 0 Å². The van der Waals surface area contributed by atoms with Crippen LogP contribution in [0.4, 0.5) is 18.0 Å². The van der Waals surface area contributed by atoms with E-state index in [9.17, 15) is 22.8 Å². The Hall–Kier alpha value is -4.02. The molecule has 3 aromatic rings. The molecule has 1 saturated heterocycles. The molecule has 1 atom stereocenters. The molecular weight excluding hydrogens is 431 g/mol. The second-order valence-electron chi connectivity index (χ2n) is 6.80. The number of fused-ring (bicyclic) bond motifs is 1. The SMILES string of the molecule is C=CC(=O)NCc1cc(-c2ccc(OC(F)(F)F)cc2)c2ncoc2c1[C@H]1CNC(=O)O1. The van der Waals surface area contributed by atoms with Crippen LogP contribution in [0.15, 0.2) is 53.8 Å². The summed E-state index contributed by atoms with van der Waals surface area (Å²) in [5.74, 6) is -0.776. The predicted octanol–water partition coefficient (Wildman–Crippen LogP) is 3.98. The Labute approximate surface area is 179 Å². The normalized spacial score (nSPS) is 15.8. The smallest absolute Gasteiger partial charge is 0.443 e. The lowest BCUT2D eigenvalue weighted by molar-refractivity contribution is -0.274. The monoisotopic (exact) mass is 447 g/mol. The molecule has 0 bridgehead atoms. The van der Waals surface area contributed by atoms with Crippen LogP contribution in [-0.4, -0.2) is 29.9 Å². The zero-order chi connectivity index (χ0) is 22.9. The Morgan fingerprint density at radius 2 is 2.09 bits per heavy atom. The number of cyclic esters (lactones) is 1. The molecule has 4 rings (SSSR count). The minimum atomic E-state index is -4.80. The first kappa shape index (κ1) is 21.2. The van der Waals surface area contributed by atoms with E-state index in [-0.39, 0.29) is 18.8 Å². The van der Waals surface area contributed by atoms with Crippen molar-refractivity contribution < 1.29 is 36.7 Å². The highest BCUT2D eigenvalue weighted by atomic mass is 19.4. The first-order valence-corrected chi connectivity index (χ1v) is 9.35. The average Bonchev–Trinajstić information content (AvgIpc) is 3.40. The van der Waals surface area contributed by atoms with Crippen molar-refractivity contribution in [2.75, 3.05) is 6.54 Å². The van der Waals surface area contributed by atoms with E-state index in [0.717, 1.165) is 6.08 Å². The fourth-order valence-corrected chi connectivity index (χ4v) is 3.45. The summed E-state index contributed by atoms with van der Waals surface area (Å²) in [6, 6.07) is 6.99. The highest BCUT2D eigenvalue weighted by Crippen LogP contribution is 2.38. The van der Waals surface area contributed by atoms with Gasteiger partial charge in [0.2, 0.25) is 5.91 Å². The zero-order valence-electron chi connectivity index (χ0n) is 16.4. The fourth-order valence-electron chi connectivity index (χ4n) is 3.45. The van der Waals surface area contributed by atoms with Crippen LogP contribution in [0.2, 0.25) is 0 Å². The molecule has 32 heavy (non-hydrogen) atoms. The molecule has 2 N–H and O–H groups in total. The second kappa shape index (κ2) is 8.25. The number of oxazole rings is 1. The van der Waals surface area contributed by atoms with Crippen LogP contribution in [0.1, 0.15) is 17.2 Å². The van der Waals surface area contributed by atoms with Crippen LogP contribution >= 0.6 is 0 Å². The summed E-state index contributed by atoms with van der Waals surface area (Å²) < 4.78 is 52.2. The minimum Gasteiger partial charge on any atom is -0.443 e. The van der Waals surface area contributed by atoms with Crippen molar-refractivity contribution in [1.29, 1.82) is 0 Å². The maximum Gasteiger partial charge on any atom is 0.573 e. The van der Waals surface area contributed by atoms with Gasteiger partial charge >= 0.3 is 12.5 Å². The van der Waals surface area contributed by atoms with Crippen LogP contribution in [0.3, 0.4) is 0 Å². The van der Waals surface area contributed by atoms with Crippen LogP contribution in [0.5, 0.6) is 5.75 Å². The van der Waals surface area contributed by atoms with Crippen LogP contribution < -0.4 is 15.4 Å². The molecule has 1 aromatic heterocycles. The predicted molar refractivity (Wildman–Crippen MR) is 105 cm³/mol. The number of hydrogen-bond donors (Lipinski definition) is 2. The molecule has 0 radical (unpaired) electrons. The molecule has 1 aliphatic rings. The van der Waals surface area contributed by atoms with Crippen molar-refractivity contribution >= 4 is 23.1 Å². The van der Waals surface area contributed by atoms with Crippen molar-refractivity contribution in [3.8, 4) is 16.9 Å². The summed E-state index contributed by atoms with van der Waals surface area (Å²) >= 11 is 0. The molecule has 0 aliphatic carbocycles. The number of halogens is 3. The third-order valence-corrected chi connectivity index (χ3v) is 4.77. The quantitative estimate of drug-likeness (QED) is 0.555. The minimum absolute atomic E-state index is 0.0626. The molecule has 2 aromatic carbocycles. The highest BCUT2D eigenvalue weighted by Gasteiger charge is 2.32. The lowest BCUT2D eigenvalue weighted by Crippen LogP contribution is -2.22. The van der Waals surface area contributed by atoms with Gasteiger partial charge in [0.1, 0.15) is 11.3 Å². The van der Waals surface area contributed by atoms with E-state index >= 15 is 0 Å². The number of alkyl halides is 3. The number of nitrogens with one attached hydrogen (secondary N) is 2. The highest BCUT2D eigenvalue weighted by molar-refractivity contribution is 5.94. The Balaban J connectivity index is 1.79. The standard InChI is InChI=1S/C21H16F3N3O5/c1-2-16(28)25-8-12-7-14(11-3-5-13(6-4-11)32-21(22,23)24)18-19(30-10-27-18)17(12)15-9-26-20(29)31-15/h2-7,10,15H,1,8-9H2,(H,25,28)(H,26,29)/t15-/m1/s1. The third-order valence-electron chi connectivity index (χ3n) is 4.77. The van der Waals surface area contributed by atoms with Gasteiger partial charge in [0.15, 0.2) is 18.1 Å². The zero-order valence-corrected chi connectivity index (χ0v) is 16.4. The number of rotatable bonds is 6. The molecule has 0 unspecified atom stereocenters. The Bertz CT molecular complexity index is 1190. The third kappa shape index (κ3) is 4.36. The van der Waals surface area contributed by atoms with E-state index < -0.39 is 24.5 Å². The number of hydrogen-bond acceptors (Lipinski definition) is 6. The molecule has 8 nitrogen and oxygen atoms in total. The molecule has 2 heterocycles. The molecule has 2 amide bonds. The number of nitrogens with zero attached hydrogens (tertiary/aromatic N) is 1. The van der Waals surface area contributed by atoms with Gasteiger partial charge in [0.05, 0.1) is 6.54 Å². The molecule has 1 aliphatic heterocycles. The lowest BCUT2D eigenvalue weighted by atomic mass is 9.94. The van der Waals surface area contributed by atoms with E-state index in [1.54, 1.807) is 6.07 Å². The maximum atomic E-state index is 12.5. The van der Waals surface area contributed by atoms with Crippen molar-refractivity contribution in [2.45, 2.75) is 19.0 Å². The molecule has 0 spiro atoms. The van der Waals surface area contributed by atoms with Crippen LogP contribution in [0, 0.1) is 0 Å². The first-order valence-electron chi connectivity index (χ1n) is 9.35. The number of carbonyl (C=O) groups excluding carboxylic acids is 2. The van der Waals surface area contributed by atoms with Crippen molar-refractivity contribution in [2.24, 2.45) is 0 Å². The summed E-state index contributed by atoms with van der Waals surface area (Å²) in [4.78, 5) is 27.5. The topological polar surface area (TPSA) is 103 Å². The molecule has 0 saturated carbocycles. The van der Waals surface area contributed by atoms with Gasteiger partial charge in [0.25, 0.3) is 0 Å². The fraction of sp³-hybridized carbons (Fsp3) is 0.190. The molecule has 1 fully saturated rings. The Kier molecular flexibility index (Phi) is 5.47. The van der Waals surface area contributed by atoms with Crippen molar-refractivity contribution in [3.05, 3.63) is 60.5 Å². The lowest BCUT2D eigenvalue weighted by Gasteiger charge is -2.17. The summed E-state index contributed by atoms with van der Waals surface area (Å²) in [6.45, 7) is 3.67. The van der Waals surface area contributed by atoms with E-state index in [1.807, 2.05) is 0 Å². The summed E-state index contributed by atoms with van der Waals surface area (Å²) in [6.07, 6.45) is -3.73. The maximum absolute atomic E-state index is 12.5. The first-order chi connectivity index (χ1) is 15.2. The van der Waals surface area contributed by atoms with Gasteiger partial charge in [-0.05, 0) is 35.4 Å². The second-order valence-corrected chi connectivity index (χ2v) is 6.80. The summed E-state index contributed by atoms with van der Waals surface area (Å²) in [7, 11) is 0. The summed E-state index contributed by atoms with van der Waals surface area (Å²) in [5, 5.41) is 5.24. The number of benzene rings is 2. The number of amides is 2. The number of alkyl carbamates (subject to hydrolysis) is 1.